The molecule has 1 aliphatic heterocycles. The lowest BCUT2D eigenvalue weighted by Gasteiger charge is -2.14. The van der Waals surface area contributed by atoms with Crippen LogP contribution in [0.4, 0.5) is 32.0 Å². The van der Waals surface area contributed by atoms with Crippen LogP contribution in [-0.2, 0) is 27.2 Å². The number of alkyl halides is 6. The molecule has 2 aromatic carbocycles. The normalized spacial score (nSPS) is 14.6. The average molecular weight is 531 g/mol. The summed E-state index contributed by atoms with van der Waals surface area (Å²) in [5.41, 5.74) is 0.0266. The van der Waals surface area contributed by atoms with Crippen molar-refractivity contribution < 1.29 is 39.6 Å². The van der Waals surface area contributed by atoms with Gasteiger partial charge in [0.05, 0.1) is 28.0 Å². The van der Waals surface area contributed by atoms with Gasteiger partial charge in [0.25, 0.3) is 0 Å². The van der Waals surface area contributed by atoms with Gasteiger partial charge in [0.2, 0.25) is 21.6 Å². The van der Waals surface area contributed by atoms with Crippen molar-refractivity contribution in [3.63, 3.8) is 0 Å². The van der Waals surface area contributed by atoms with Gasteiger partial charge in [0, 0.05) is 5.56 Å². The number of hydrogen-bond donors (Lipinski definition) is 2. The molecule has 0 fully saturated rings. The minimum absolute atomic E-state index is 0.0108. The maximum Gasteiger partial charge on any atom is 0.433 e. The summed E-state index contributed by atoms with van der Waals surface area (Å²) in [4.78, 5) is 12.6. The van der Waals surface area contributed by atoms with Crippen molar-refractivity contribution >= 4 is 21.5 Å². The zero-order valence-electron chi connectivity index (χ0n) is 18.0. The molecule has 36 heavy (non-hydrogen) atoms. The number of nitrogens with one attached hydrogen (secondary N) is 1. The standard InChI is InChI=1S/C21H15F6N5O3S/c1-11-8-12(2-7-15(11)20(22,23)24)16-9-18(21(25,26)27)30-19(29-16)17-10-32(31-35-17)13-3-5-14(6-4-13)36(28,33)34/h2-10,31H,1H3,(H2,28,33,34). The third-order valence-electron chi connectivity index (χ3n) is 5.01. The van der Waals surface area contributed by atoms with Gasteiger partial charge < -0.3 is 4.84 Å². The third-order valence-corrected chi connectivity index (χ3v) is 5.94. The Balaban J connectivity index is 1.73. The molecule has 8 nitrogen and oxygen atoms in total. The van der Waals surface area contributed by atoms with Gasteiger partial charge in [-0.1, -0.05) is 11.7 Å². The molecule has 0 spiro atoms. The van der Waals surface area contributed by atoms with Gasteiger partial charge in [-0.05, 0) is 55.0 Å². The molecule has 1 aliphatic rings. The first-order valence-electron chi connectivity index (χ1n) is 9.84. The molecule has 0 atom stereocenters. The predicted molar refractivity (Wildman–Crippen MR) is 115 cm³/mol. The zero-order chi connectivity index (χ0) is 26.5. The fourth-order valence-corrected chi connectivity index (χ4v) is 3.80. The number of benzene rings is 2. The molecule has 2 heterocycles. The minimum Gasteiger partial charge on any atom is -0.383 e. The van der Waals surface area contributed by atoms with Crippen molar-refractivity contribution in [1.29, 1.82) is 0 Å². The molecule has 0 bridgehead atoms. The number of hydrogen-bond acceptors (Lipinski definition) is 7. The quantitative estimate of drug-likeness (QED) is 0.481. The van der Waals surface area contributed by atoms with E-state index in [1.165, 1.54) is 42.4 Å². The van der Waals surface area contributed by atoms with E-state index in [2.05, 4.69) is 15.6 Å². The van der Waals surface area contributed by atoms with Crippen molar-refractivity contribution in [2.75, 3.05) is 5.01 Å². The van der Waals surface area contributed by atoms with Gasteiger partial charge in [-0.3, -0.25) is 0 Å². The molecular weight excluding hydrogens is 516 g/mol. The van der Waals surface area contributed by atoms with E-state index in [0.717, 1.165) is 18.2 Å². The molecule has 0 amide bonds. The number of primary sulfonamides is 1. The smallest absolute Gasteiger partial charge is 0.383 e. The maximum absolute atomic E-state index is 13.5. The lowest BCUT2D eigenvalue weighted by Crippen LogP contribution is -2.27. The van der Waals surface area contributed by atoms with Crippen molar-refractivity contribution in [2.24, 2.45) is 5.14 Å². The van der Waals surface area contributed by atoms with Gasteiger partial charge in [-0.15, -0.1) is 0 Å². The van der Waals surface area contributed by atoms with Crippen LogP contribution < -0.4 is 15.7 Å². The van der Waals surface area contributed by atoms with E-state index >= 15 is 0 Å². The van der Waals surface area contributed by atoms with Crippen molar-refractivity contribution in [3.05, 3.63) is 77.4 Å². The Hall–Kier alpha value is -3.69. The molecule has 0 saturated carbocycles. The molecule has 15 heteroatoms. The number of rotatable bonds is 4. The molecule has 190 valence electrons. The van der Waals surface area contributed by atoms with E-state index in [1.54, 1.807) is 0 Å². The highest BCUT2D eigenvalue weighted by Gasteiger charge is 2.36. The van der Waals surface area contributed by atoms with Gasteiger partial charge in [0.15, 0.2) is 0 Å². The van der Waals surface area contributed by atoms with E-state index < -0.39 is 39.5 Å². The minimum atomic E-state index is -4.89. The average Bonchev–Trinajstić information content (AvgIpc) is 3.27. The first-order chi connectivity index (χ1) is 16.6. The Morgan fingerprint density at radius 2 is 1.61 bits per heavy atom. The number of sulfonamides is 1. The van der Waals surface area contributed by atoms with Crippen LogP contribution in [0, 0.1) is 6.92 Å². The number of nitrogens with two attached hydrogens (primary N) is 1. The van der Waals surface area contributed by atoms with E-state index in [9.17, 15) is 34.8 Å². The largest absolute Gasteiger partial charge is 0.433 e. The van der Waals surface area contributed by atoms with E-state index in [1.807, 2.05) is 0 Å². The summed E-state index contributed by atoms with van der Waals surface area (Å²) >= 11 is 0. The number of nitrogens with zero attached hydrogens (tertiary/aromatic N) is 3. The van der Waals surface area contributed by atoms with E-state index in [0.29, 0.717) is 11.8 Å². The third kappa shape index (κ3) is 5.27. The predicted octanol–water partition coefficient (Wildman–Crippen LogP) is 4.39. The van der Waals surface area contributed by atoms with Crippen molar-refractivity contribution in [1.82, 2.24) is 15.6 Å². The van der Waals surface area contributed by atoms with Crippen LogP contribution in [-0.4, -0.2) is 18.4 Å². The van der Waals surface area contributed by atoms with Crippen LogP contribution in [0.1, 0.15) is 22.6 Å². The van der Waals surface area contributed by atoms with E-state index in [-0.39, 0.29) is 27.5 Å². The molecule has 0 saturated heterocycles. The van der Waals surface area contributed by atoms with Gasteiger partial charge in [0.1, 0.15) is 5.69 Å². The molecule has 0 unspecified atom stereocenters. The molecule has 4 rings (SSSR count). The van der Waals surface area contributed by atoms with E-state index in [4.69, 9.17) is 9.98 Å². The Morgan fingerprint density at radius 3 is 2.17 bits per heavy atom. The number of anilines is 1. The Labute approximate surface area is 200 Å². The van der Waals surface area contributed by atoms with Crippen LogP contribution in [0.25, 0.3) is 17.0 Å². The van der Waals surface area contributed by atoms with Crippen LogP contribution in [0.15, 0.2) is 59.6 Å². The summed E-state index contributed by atoms with van der Waals surface area (Å²) in [5, 5.41) is 6.27. The lowest BCUT2D eigenvalue weighted by molar-refractivity contribution is -0.141. The number of aryl methyl sites for hydroxylation is 1. The van der Waals surface area contributed by atoms with Crippen molar-refractivity contribution in [3.8, 4) is 11.3 Å². The Morgan fingerprint density at radius 1 is 0.944 bits per heavy atom. The maximum atomic E-state index is 13.5. The van der Waals surface area contributed by atoms with Gasteiger partial charge in [-0.25, -0.2) is 28.5 Å². The SMILES string of the molecule is Cc1cc(-c2cc(C(F)(F)F)nc(C3=CN(c4ccc(S(N)(=O)=O)cc4)NO3)n2)ccc1C(F)(F)F. The van der Waals surface area contributed by atoms with Gasteiger partial charge >= 0.3 is 12.4 Å². The highest BCUT2D eigenvalue weighted by Crippen LogP contribution is 2.36. The molecule has 0 radical (unpaired) electrons. The number of hydrazine groups is 1. The van der Waals surface area contributed by atoms with Crippen LogP contribution in [0.5, 0.6) is 0 Å². The monoisotopic (exact) mass is 531 g/mol. The molecule has 3 aromatic rings. The zero-order valence-corrected chi connectivity index (χ0v) is 18.8. The molecule has 0 aliphatic carbocycles. The Kier molecular flexibility index (Phi) is 6.18. The number of halogens is 6. The fourth-order valence-electron chi connectivity index (χ4n) is 3.29. The molecule has 1 aromatic heterocycles. The highest BCUT2D eigenvalue weighted by molar-refractivity contribution is 7.89. The van der Waals surface area contributed by atoms with Crippen LogP contribution in [0.2, 0.25) is 0 Å². The second-order valence-electron chi connectivity index (χ2n) is 7.58. The van der Waals surface area contributed by atoms with Crippen LogP contribution >= 0.6 is 0 Å². The molecule has 3 N–H and O–H groups in total. The first-order valence-corrected chi connectivity index (χ1v) is 11.4. The second kappa shape index (κ2) is 8.76. The summed E-state index contributed by atoms with van der Waals surface area (Å²) in [5.74, 6) is -0.727. The Bertz CT molecular complexity index is 1450. The van der Waals surface area contributed by atoms with Crippen LogP contribution in [0.3, 0.4) is 0 Å². The number of aromatic nitrogens is 2. The summed E-state index contributed by atoms with van der Waals surface area (Å²) in [6.07, 6.45) is -8.30. The first kappa shape index (κ1) is 25.4. The second-order valence-corrected chi connectivity index (χ2v) is 9.14. The topological polar surface area (TPSA) is 110 Å². The summed E-state index contributed by atoms with van der Waals surface area (Å²) in [6.45, 7) is 1.19. The fraction of sp³-hybridized carbons (Fsp3) is 0.143. The highest BCUT2D eigenvalue weighted by atomic mass is 32.2. The summed E-state index contributed by atoms with van der Waals surface area (Å²) in [6, 6.07) is 8.63. The molecular formula is C21H15F6N5O3S. The lowest BCUT2D eigenvalue weighted by atomic mass is 10.0. The summed E-state index contributed by atoms with van der Waals surface area (Å²) < 4.78 is 103. The van der Waals surface area contributed by atoms with Gasteiger partial charge in [-0.2, -0.15) is 26.3 Å². The summed E-state index contributed by atoms with van der Waals surface area (Å²) in [7, 11) is -3.94. The van der Waals surface area contributed by atoms with Crippen molar-refractivity contribution in [2.45, 2.75) is 24.2 Å².